The third kappa shape index (κ3) is 5.80. The minimum Gasteiger partial charge on any atom is -0.462 e. The SMILES string of the molecule is C=C[C@](C)(O)CC[C@H]1C(=C)[C@@H](O[Si](C)(C)C(C)(C)C)C[C@H](OC(C)=O)C1(C)C. The van der Waals surface area contributed by atoms with E-state index in [0.29, 0.717) is 12.8 Å². The fourth-order valence-corrected chi connectivity index (χ4v) is 5.04. The second-order valence-electron chi connectivity index (χ2n) is 10.7. The number of rotatable bonds is 7. The molecule has 1 fully saturated rings. The Bertz CT molecular complexity index is 598. The molecule has 1 saturated carbocycles. The maximum absolute atomic E-state index is 11.8. The number of aliphatic hydroxyl groups is 1. The van der Waals surface area contributed by atoms with Gasteiger partial charge >= 0.3 is 5.97 Å². The van der Waals surface area contributed by atoms with Crippen molar-refractivity contribution in [3.05, 3.63) is 24.8 Å². The predicted molar refractivity (Wildman–Crippen MR) is 119 cm³/mol. The van der Waals surface area contributed by atoms with E-state index in [0.717, 1.165) is 12.0 Å². The largest absolute Gasteiger partial charge is 0.462 e. The van der Waals surface area contributed by atoms with Crippen molar-refractivity contribution < 1.29 is 19.1 Å². The van der Waals surface area contributed by atoms with Gasteiger partial charge in [-0.25, -0.2) is 0 Å². The summed E-state index contributed by atoms with van der Waals surface area (Å²) in [5.41, 5.74) is -0.161. The van der Waals surface area contributed by atoms with Crippen LogP contribution in [0.4, 0.5) is 0 Å². The molecule has 0 aromatic carbocycles. The molecule has 1 N–H and O–H groups in total. The zero-order valence-electron chi connectivity index (χ0n) is 19.5. The van der Waals surface area contributed by atoms with Gasteiger partial charge in [-0.3, -0.25) is 4.79 Å². The van der Waals surface area contributed by atoms with Crippen LogP contribution < -0.4 is 0 Å². The summed E-state index contributed by atoms with van der Waals surface area (Å²) in [6.07, 6.45) is 3.13. The molecule has 28 heavy (non-hydrogen) atoms. The lowest BCUT2D eigenvalue weighted by molar-refractivity contribution is -0.160. The lowest BCUT2D eigenvalue weighted by atomic mass is 9.62. The Balaban J connectivity index is 3.21. The Labute approximate surface area is 173 Å². The van der Waals surface area contributed by atoms with Crippen molar-refractivity contribution in [3.8, 4) is 0 Å². The minimum atomic E-state index is -2.01. The van der Waals surface area contributed by atoms with Crippen LogP contribution in [0, 0.1) is 11.3 Å². The van der Waals surface area contributed by atoms with Crippen molar-refractivity contribution in [1.29, 1.82) is 0 Å². The predicted octanol–water partition coefficient (Wildman–Crippen LogP) is 5.63. The highest BCUT2D eigenvalue weighted by atomic mass is 28.4. The van der Waals surface area contributed by atoms with Gasteiger partial charge in [-0.2, -0.15) is 0 Å². The third-order valence-corrected chi connectivity index (χ3v) is 11.4. The lowest BCUT2D eigenvalue weighted by Gasteiger charge is -2.51. The van der Waals surface area contributed by atoms with Crippen LogP contribution in [-0.2, 0) is 14.0 Å². The highest BCUT2D eigenvalue weighted by Gasteiger charge is 2.50. The van der Waals surface area contributed by atoms with E-state index >= 15 is 0 Å². The molecule has 0 aliphatic heterocycles. The van der Waals surface area contributed by atoms with Crippen LogP contribution >= 0.6 is 0 Å². The second kappa shape index (κ2) is 8.45. The molecule has 0 spiro atoms. The van der Waals surface area contributed by atoms with Crippen molar-refractivity contribution in [3.63, 3.8) is 0 Å². The van der Waals surface area contributed by atoms with Crippen LogP contribution in [0.5, 0.6) is 0 Å². The average molecular weight is 411 g/mol. The molecule has 0 amide bonds. The molecule has 0 aromatic heterocycles. The third-order valence-electron chi connectivity index (χ3n) is 6.95. The van der Waals surface area contributed by atoms with Crippen molar-refractivity contribution in [2.24, 2.45) is 11.3 Å². The summed E-state index contributed by atoms with van der Waals surface area (Å²) in [7, 11) is -2.01. The molecule has 5 heteroatoms. The van der Waals surface area contributed by atoms with E-state index in [-0.39, 0.29) is 34.5 Å². The highest BCUT2D eigenvalue weighted by molar-refractivity contribution is 6.74. The monoisotopic (exact) mass is 410 g/mol. The van der Waals surface area contributed by atoms with Crippen molar-refractivity contribution in [1.82, 2.24) is 0 Å². The molecule has 0 heterocycles. The number of esters is 1. The van der Waals surface area contributed by atoms with Crippen LogP contribution in [0.1, 0.15) is 67.7 Å². The molecule has 1 rings (SSSR count). The van der Waals surface area contributed by atoms with Crippen molar-refractivity contribution in [2.45, 2.75) is 104 Å². The maximum Gasteiger partial charge on any atom is 0.302 e. The second-order valence-corrected chi connectivity index (χ2v) is 15.5. The van der Waals surface area contributed by atoms with Gasteiger partial charge in [0.15, 0.2) is 8.32 Å². The Kier molecular flexibility index (Phi) is 7.58. The first-order chi connectivity index (χ1) is 12.4. The van der Waals surface area contributed by atoms with Gasteiger partial charge in [0.25, 0.3) is 0 Å². The topological polar surface area (TPSA) is 55.8 Å². The van der Waals surface area contributed by atoms with Gasteiger partial charge in [-0.15, -0.1) is 6.58 Å². The van der Waals surface area contributed by atoms with Gasteiger partial charge in [0.05, 0.1) is 11.7 Å². The smallest absolute Gasteiger partial charge is 0.302 e. The van der Waals surface area contributed by atoms with E-state index in [1.165, 1.54) is 6.92 Å². The van der Waals surface area contributed by atoms with E-state index < -0.39 is 13.9 Å². The van der Waals surface area contributed by atoms with E-state index in [1.54, 1.807) is 13.0 Å². The Morgan fingerprint density at radius 3 is 2.29 bits per heavy atom. The Morgan fingerprint density at radius 1 is 1.32 bits per heavy atom. The average Bonchev–Trinajstić information content (AvgIpc) is 2.50. The molecule has 1 aliphatic rings. The molecule has 162 valence electrons. The molecule has 0 unspecified atom stereocenters. The number of carbonyl (C=O) groups excluding carboxylic acids is 1. The number of ether oxygens (including phenoxy) is 1. The zero-order chi connectivity index (χ0) is 22.1. The number of hydrogen-bond acceptors (Lipinski definition) is 4. The molecule has 1 aliphatic carbocycles. The Morgan fingerprint density at radius 2 is 1.86 bits per heavy atom. The van der Waals surface area contributed by atoms with Crippen LogP contribution in [0.15, 0.2) is 24.8 Å². The molecular formula is C23H42O4Si. The van der Waals surface area contributed by atoms with Crippen LogP contribution in [-0.4, -0.2) is 37.2 Å². The molecule has 0 radical (unpaired) electrons. The van der Waals surface area contributed by atoms with Crippen LogP contribution in [0.25, 0.3) is 0 Å². The molecular weight excluding hydrogens is 368 g/mol. The van der Waals surface area contributed by atoms with Crippen molar-refractivity contribution >= 4 is 14.3 Å². The quantitative estimate of drug-likeness (QED) is 0.336. The zero-order valence-corrected chi connectivity index (χ0v) is 20.5. The fourth-order valence-electron chi connectivity index (χ4n) is 3.73. The van der Waals surface area contributed by atoms with Gasteiger partial charge < -0.3 is 14.3 Å². The summed E-state index contributed by atoms with van der Waals surface area (Å²) in [5, 5.41) is 10.5. The summed E-state index contributed by atoms with van der Waals surface area (Å²) < 4.78 is 12.5. The van der Waals surface area contributed by atoms with Gasteiger partial charge in [0.2, 0.25) is 0 Å². The fraction of sp³-hybridized carbons (Fsp3) is 0.783. The summed E-state index contributed by atoms with van der Waals surface area (Å²) in [6.45, 7) is 26.8. The summed E-state index contributed by atoms with van der Waals surface area (Å²) >= 11 is 0. The number of carbonyl (C=O) groups is 1. The molecule has 4 atom stereocenters. The molecule has 0 aromatic rings. The van der Waals surface area contributed by atoms with Gasteiger partial charge in [-0.05, 0) is 49.4 Å². The van der Waals surface area contributed by atoms with Gasteiger partial charge in [0, 0.05) is 18.8 Å². The lowest BCUT2D eigenvalue weighted by Crippen LogP contribution is -2.53. The van der Waals surface area contributed by atoms with E-state index in [4.69, 9.17) is 9.16 Å². The molecule has 4 nitrogen and oxygen atoms in total. The normalized spacial score (nSPS) is 27.8. The first-order valence-electron chi connectivity index (χ1n) is 10.3. The summed E-state index contributed by atoms with van der Waals surface area (Å²) in [4.78, 5) is 11.8. The first-order valence-corrected chi connectivity index (χ1v) is 13.2. The van der Waals surface area contributed by atoms with Crippen molar-refractivity contribution in [2.75, 3.05) is 0 Å². The van der Waals surface area contributed by atoms with Crippen LogP contribution in [0.3, 0.4) is 0 Å². The summed E-state index contributed by atoms with van der Waals surface area (Å²) in [6, 6.07) is 0. The first kappa shape index (κ1) is 25.1. The van der Waals surface area contributed by atoms with E-state index in [2.05, 4.69) is 60.9 Å². The van der Waals surface area contributed by atoms with Gasteiger partial charge in [-0.1, -0.05) is 47.3 Å². The standard InChI is InChI=1S/C23H42O4Si/c1-12-23(9,25)14-13-18-16(2)19(27-28(10,11)21(4,5)6)15-20(22(18,7)8)26-17(3)24/h12,18-20,25H,1-2,13-15H2,3-11H3/t18-,19-,20-,23-/m0/s1. The summed E-state index contributed by atoms with van der Waals surface area (Å²) in [5.74, 6) is -0.194. The Hall–Kier alpha value is -0.913. The minimum absolute atomic E-state index is 0.0757. The van der Waals surface area contributed by atoms with Crippen LogP contribution in [0.2, 0.25) is 18.1 Å². The highest BCUT2D eigenvalue weighted by Crippen LogP contribution is 2.50. The molecule has 0 saturated heterocycles. The van der Waals surface area contributed by atoms with E-state index in [9.17, 15) is 9.90 Å². The molecule has 0 bridgehead atoms. The van der Waals surface area contributed by atoms with Gasteiger partial charge in [0.1, 0.15) is 6.10 Å². The maximum atomic E-state index is 11.8. The van der Waals surface area contributed by atoms with E-state index in [1.807, 2.05) is 0 Å². The number of hydrogen-bond donors (Lipinski definition) is 1.